The van der Waals surface area contributed by atoms with Crippen LogP contribution in [0.1, 0.15) is 0 Å². The van der Waals surface area contributed by atoms with Crippen LogP contribution >= 0.6 is 11.3 Å². The zero-order valence-electron chi connectivity index (χ0n) is 34.1. The Kier molecular flexibility index (Phi) is 7.46. The third-order valence-corrected chi connectivity index (χ3v) is 14.0. The molecule has 0 bridgehead atoms. The van der Waals surface area contributed by atoms with Gasteiger partial charge in [0, 0.05) is 69.3 Å². The number of thiophene rings is 1. The van der Waals surface area contributed by atoms with E-state index < -0.39 is 0 Å². The molecule has 0 spiro atoms. The van der Waals surface area contributed by atoms with Gasteiger partial charge < -0.3 is 8.98 Å². The Balaban J connectivity index is 1.02. The summed E-state index contributed by atoms with van der Waals surface area (Å²) in [4.78, 5) is 15.9. The third kappa shape index (κ3) is 5.22. The SMILES string of the molecule is c1ccc(-c2ccc3c(c2)oc2ccc(-n4c5ccccc5c5cc6c7ccccc7n(-c7nc(-c8ccccc8)nc(-c8cccc9c8sc8ccccc89)n7)c6cc54)cc23)cc1. The molecule has 14 aromatic rings. The van der Waals surface area contributed by atoms with E-state index in [2.05, 4.69) is 185 Å². The first-order valence-corrected chi connectivity index (χ1v) is 22.2. The first-order chi connectivity index (χ1) is 31.7. The van der Waals surface area contributed by atoms with Crippen LogP contribution in [0.25, 0.3) is 131 Å². The molecule has 298 valence electrons. The van der Waals surface area contributed by atoms with Gasteiger partial charge in [-0.25, -0.2) is 4.98 Å². The highest BCUT2D eigenvalue weighted by molar-refractivity contribution is 7.26. The standard InChI is InChI=1S/C57H33N5OS/c1-3-14-34(15-4-1)36-26-28-40-46-31-37(27-29-51(46)63-52(40)30-36)61-47-23-10-7-18-38(47)44-32-45-39-19-8-11-24-48(39)62(50(45)33-49(44)61)57-59-55(35-16-5-2-6-17-35)58-56(60-57)43-22-13-21-42-41-20-9-12-25-53(41)64-54(42)43/h1-33H. The van der Waals surface area contributed by atoms with Gasteiger partial charge in [0.15, 0.2) is 11.6 Å². The molecular weight excluding hydrogens is 803 g/mol. The van der Waals surface area contributed by atoms with Crippen molar-refractivity contribution in [3.63, 3.8) is 0 Å². The van der Waals surface area contributed by atoms with Crippen LogP contribution in [0, 0.1) is 0 Å². The van der Waals surface area contributed by atoms with Crippen LogP contribution in [0.4, 0.5) is 0 Å². The topological polar surface area (TPSA) is 61.7 Å². The zero-order valence-corrected chi connectivity index (χ0v) is 34.9. The van der Waals surface area contributed by atoms with Crippen LogP contribution in [0.15, 0.2) is 205 Å². The van der Waals surface area contributed by atoms with Gasteiger partial charge in [0.25, 0.3) is 0 Å². The van der Waals surface area contributed by atoms with Crippen LogP contribution in [-0.4, -0.2) is 24.1 Å². The number of rotatable bonds is 5. The Morgan fingerprint density at radius 3 is 1.81 bits per heavy atom. The minimum absolute atomic E-state index is 0.566. The van der Waals surface area contributed by atoms with Gasteiger partial charge in [-0.15, -0.1) is 11.3 Å². The molecule has 0 fully saturated rings. The van der Waals surface area contributed by atoms with Gasteiger partial charge in [-0.05, 0) is 77.9 Å². The lowest BCUT2D eigenvalue weighted by molar-refractivity contribution is 0.669. The summed E-state index contributed by atoms with van der Waals surface area (Å²) in [7, 11) is 0. The Hall–Kier alpha value is -8.39. The van der Waals surface area contributed by atoms with Gasteiger partial charge in [0.1, 0.15) is 11.2 Å². The number of benzene rings is 9. The van der Waals surface area contributed by atoms with Crippen LogP contribution < -0.4 is 0 Å². The van der Waals surface area contributed by atoms with Crippen molar-refractivity contribution in [1.82, 2.24) is 24.1 Å². The second-order valence-electron chi connectivity index (χ2n) is 16.4. The predicted octanol–water partition coefficient (Wildman–Crippen LogP) is 15.3. The van der Waals surface area contributed by atoms with Crippen molar-refractivity contribution in [2.45, 2.75) is 0 Å². The highest BCUT2D eigenvalue weighted by Crippen LogP contribution is 2.43. The quantitative estimate of drug-likeness (QED) is 0.173. The zero-order chi connectivity index (χ0) is 41.9. The van der Waals surface area contributed by atoms with E-state index >= 15 is 0 Å². The summed E-state index contributed by atoms with van der Waals surface area (Å²) < 4.78 is 13.5. The molecule has 0 aliphatic rings. The lowest BCUT2D eigenvalue weighted by Crippen LogP contribution is -2.06. The molecule has 5 aromatic heterocycles. The summed E-state index contributed by atoms with van der Waals surface area (Å²) in [6.45, 7) is 0. The van der Waals surface area contributed by atoms with Gasteiger partial charge in [0.2, 0.25) is 5.95 Å². The molecule has 0 unspecified atom stereocenters. The number of fused-ring (bicyclic) bond motifs is 12. The second-order valence-corrected chi connectivity index (χ2v) is 17.4. The molecular formula is C57H33N5OS. The largest absolute Gasteiger partial charge is 0.456 e. The van der Waals surface area contributed by atoms with Gasteiger partial charge in [-0.3, -0.25) is 4.57 Å². The van der Waals surface area contributed by atoms with Gasteiger partial charge in [-0.1, -0.05) is 133 Å². The molecule has 9 aromatic carbocycles. The summed E-state index contributed by atoms with van der Waals surface area (Å²) in [5.41, 5.74) is 11.3. The fourth-order valence-corrected chi connectivity index (χ4v) is 11.1. The molecule has 0 aliphatic carbocycles. The molecule has 14 rings (SSSR count). The lowest BCUT2D eigenvalue weighted by Gasteiger charge is -2.12. The highest BCUT2D eigenvalue weighted by atomic mass is 32.1. The minimum atomic E-state index is 0.566. The molecule has 0 N–H and O–H groups in total. The molecule has 0 saturated carbocycles. The maximum Gasteiger partial charge on any atom is 0.238 e. The van der Waals surface area contributed by atoms with E-state index in [-0.39, 0.29) is 0 Å². The molecule has 0 amide bonds. The smallest absolute Gasteiger partial charge is 0.238 e. The van der Waals surface area contributed by atoms with E-state index in [4.69, 9.17) is 19.4 Å². The summed E-state index contributed by atoms with van der Waals surface area (Å²) in [5.74, 6) is 1.83. The van der Waals surface area contributed by atoms with Crippen molar-refractivity contribution < 1.29 is 4.42 Å². The first-order valence-electron chi connectivity index (χ1n) is 21.4. The van der Waals surface area contributed by atoms with Crippen LogP contribution in [-0.2, 0) is 0 Å². The van der Waals surface area contributed by atoms with E-state index in [0.717, 1.165) is 87.4 Å². The molecule has 0 saturated heterocycles. The molecule has 0 aliphatic heterocycles. The van der Waals surface area contributed by atoms with Crippen molar-refractivity contribution in [2.75, 3.05) is 0 Å². The minimum Gasteiger partial charge on any atom is -0.456 e. The normalized spacial score (nSPS) is 12.1. The van der Waals surface area contributed by atoms with E-state index in [0.29, 0.717) is 17.6 Å². The van der Waals surface area contributed by atoms with E-state index in [1.54, 1.807) is 11.3 Å². The molecule has 0 radical (unpaired) electrons. The summed E-state index contributed by atoms with van der Waals surface area (Å²) >= 11 is 1.78. The van der Waals surface area contributed by atoms with Gasteiger partial charge in [0.05, 0.1) is 22.1 Å². The monoisotopic (exact) mass is 835 g/mol. The van der Waals surface area contributed by atoms with Crippen molar-refractivity contribution >= 4 is 97.1 Å². The van der Waals surface area contributed by atoms with Crippen LogP contribution in [0.3, 0.4) is 0 Å². The van der Waals surface area contributed by atoms with Crippen molar-refractivity contribution in [1.29, 1.82) is 0 Å². The molecule has 6 nitrogen and oxygen atoms in total. The summed E-state index contributed by atoms with van der Waals surface area (Å²) in [6, 6.07) is 70.8. The number of hydrogen-bond acceptors (Lipinski definition) is 5. The van der Waals surface area contributed by atoms with E-state index in [1.165, 1.54) is 26.2 Å². The molecule has 5 heterocycles. The number of aromatic nitrogens is 5. The van der Waals surface area contributed by atoms with Crippen LogP contribution in [0.5, 0.6) is 0 Å². The maximum atomic E-state index is 6.51. The maximum absolute atomic E-state index is 6.51. The third-order valence-electron chi connectivity index (χ3n) is 12.8. The fourth-order valence-electron chi connectivity index (χ4n) is 9.86. The van der Waals surface area contributed by atoms with Crippen molar-refractivity contribution in [3.05, 3.63) is 200 Å². The number of hydrogen-bond donors (Lipinski definition) is 0. The molecule has 0 atom stereocenters. The van der Waals surface area contributed by atoms with E-state index in [9.17, 15) is 0 Å². The predicted molar refractivity (Wildman–Crippen MR) is 265 cm³/mol. The Morgan fingerprint density at radius 1 is 0.359 bits per heavy atom. The average molecular weight is 836 g/mol. The fraction of sp³-hybridized carbons (Fsp3) is 0. The summed E-state index contributed by atoms with van der Waals surface area (Å²) in [5, 5.41) is 9.23. The van der Waals surface area contributed by atoms with Crippen molar-refractivity contribution in [2.24, 2.45) is 0 Å². The lowest BCUT2D eigenvalue weighted by atomic mass is 10.0. The number of para-hydroxylation sites is 2. The highest BCUT2D eigenvalue weighted by Gasteiger charge is 2.23. The van der Waals surface area contributed by atoms with Crippen molar-refractivity contribution in [3.8, 4) is 45.5 Å². The van der Waals surface area contributed by atoms with E-state index in [1.807, 2.05) is 24.3 Å². The van der Waals surface area contributed by atoms with Gasteiger partial charge >= 0.3 is 0 Å². The second kappa shape index (κ2) is 13.6. The Labute approximate surface area is 369 Å². The number of furan rings is 1. The Morgan fingerprint density at radius 2 is 1.02 bits per heavy atom. The van der Waals surface area contributed by atoms with Gasteiger partial charge in [-0.2, -0.15) is 9.97 Å². The average Bonchev–Trinajstić information content (AvgIpc) is 4.11. The summed E-state index contributed by atoms with van der Waals surface area (Å²) in [6.07, 6.45) is 0. The first kappa shape index (κ1) is 35.2. The molecule has 64 heavy (non-hydrogen) atoms. The van der Waals surface area contributed by atoms with Crippen LogP contribution in [0.2, 0.25) is 0 Å². The Bertz CT molecular complexity index is 4200. The number of nitrogens with zero attached hydrogens (tertiary/aromatic N) is 5. The molecule has 7 heteroatoms.